The zero-order valence-corrected chi connectivity index (χ0v) is 11.8. The van der Waals surface area contributed by atoms with Crippen molar-refractivity contribution < 1.29 is 23.1 Å². The van der Waals surface area contributed by atoms with E-state index in [0.29, 0.717) is 13.0 Å². The zero-order chi connectivity index (χ0) is 14.3. The van der Waals surface area contributed by atoms with Crippen LogP contribution in [-0.4, -0.2) is 55.4 Å². The Hall–Kier alpha value is -1.11. The lowest BCUT2D eigenvalue weighted by Crippen LogP contribution is -2.33. The molecule has 1 aliphatic heterocycles. The average Bonchev–Trinajstić information content (AvgIpc) is 2.80. The van der Waals surface area contributed by atoms with E-state index in [1.165, 1.54) is 6.26 Å². The first-order valence-corrected chi connectivity index (χ1v) is 8.45. The molecule has 2 rings (SSSR count). The van der Waals surface area contributed by atoms with Gasteiger partial charge in [0.25, 0.3) is 0 Å². The normalized spacial score (nSPS) is 25.3. The van der Waals surface area contributed by atoms with E-state index in [1.807, 2.05) is 0 Å². The predicted octanol–water partition coefficient (Wildman–Crippen LogP) is 0.134. The van der Waals surface area contributed by atoms with Crippen LogP contribution in [0.1, 0.15) is 25.7 Å². The monoisotopic (exact) mass is 289 g/mol. The highest BCUT2D eigenvalue weighted by Crippen LogP contribution is 2.50. The number of hydrogen-bond donors (Lipinski definition) is 1. The van der Waals surface area contributed by atoms with Gasteiger partial charge in [-0.05, 0) is 24.7 Å². The van der Waals surface area contributed by atoms with E-state index < -0.39 is 21.7 Å². The van der Waals surface area contributed by atoms with Gasteiger partial charge in [0.15, 0.2) is 0 Å². The van der Waals surface area contributed by atoms with Crippen molar-refractivity contribution in [3.05, 3.63) is 0 Å². The Labute approximate surface area is 112 Å². The molecule has 1 saturated heterocycles. The molecule has 1 saturated carbocycles. The summed E-state index contributed by atoms with van der Waals surface area (Å²) in [7, 11) is -3.08. The van der Waals surface area contributed by atoms with Gasteiger partial charge in [-0.1, -0.05) is 0 Å². The smallest absolute Gasteiger partial charge is 0.308 e. The number of aliphatic carboxylic acids is 1. The molecule has 6 nitrogen and oxygen atoms in total. The molecule has 1 N–H and O–H groups in total. The van der Waals surface area contributed by atoms with E-state index in [4.69, 9.17) is 5.11 Å². The van der Waals surface area contributed by atoms with Crippen molar-refractivity contribution in [1.82, 2.24) is 4.90 Å². The molecule has 1 amide bonds. The van der Waals surface area contributed by atoms with Gasteiger partial charge in [0.2, 0.25) is 5.91 Å². The second-order valence-electron chi connectivity index (χ2n) is 5.91. The third-order valence-electron chi connectivity index (χ3n) is 3.94. The van der Waals surface area contributed by atoms with Gasteiger partial charge in [0, 0.05) is 25.8 Å². The lowest BCUT2D eigenvalue weighted by Gasteiger charge is -2.20. The van der Waals surface area contributed by atoms with Crippen LogP contribution in [0.5, 0.6) is 0 Å². The molecule has 1 unspecified atom stereocenters. The number of amides is 1. The summed E-state index contributed by atoms with van der Waals surface area (Å²) in [6.45, 7) is 0.716. The van der Waals surface area contributed by atoms with Crippen LogP contribution in [0.25, 0.3) is 0 Å². The van der Waals surface area contributed by atoms with E-state index in [-0.39, 0.29) is 30.0 Å². The number of sulfone groups is 1. The number of likely N-dealkylation sites (tertiary alicyclic amines) is 1. The van der Waals surface area contributed by atoms with Crippen molar-refractivity contribution in [3.63, 3.8) is 0 Å². The van der Waals surface area contributed by atoms with Gasteiger partial charge in [-0.2, -0.15) is 0 Å². The number of rotatable bonds is 5. The van der Waals surface area contributed by atoms with Crippen LogP contribution in [0.15, 0.2) is 0 Å². The minimum absolute atomic E-state index is 0.0575. The average molecular weight is 289 g/mol. The Morgan fingerprint density at radius 2 is 2.00 bits per heavy atom. The summed E-state index contributed by atoms with van der Waals surface area (Å²) >= 11 is 0. The maximum atomic E-state index is 12.1. The van der Waals surface area contributed by atoms with Gasteiger partial charge in [-0.25, -0.2) is 8.42 Å². The number of carbonyl (C=O) groups is 2. The van der Waals surface area contributed by atoms with Crippen molar-refractivity contribution in [2.75, 3.05) is 25.1 Å². The van der Waals surface area contributed by atoms with Crippen LogP contribution in [0.3, 0.4) is 0 Å². The fourth-order valence-corrected chi connectivity index (χ4v) is 4.23. The number of carboxylic acid groups (broad SMARTS) is 1. The summed E-state index contributed by atoms with van der Waals surface area (Å²) < 4.78 is 22.7. The first-order chi connectivity index (χ1) is 8.71. The molecule has 19 heavy (non-hydrogen) atoms. The molecule has 0 aromatic rings. The number of hydrogen-bond acceptors (Lipinski definition) is 4. The van der Waals surface area contributed by atoms with Crippen LogP contribution in [0.2, 0.25) is 0 Å². The highest BCUT2D eigenvalue weighted by atomic mass is 32.2. The van der Waals surface area contributed by atoms with E-state index in [2.05, 4.69) is 0 Å². The highest BCUT2D eigenvalue weighted by Gasteiger charge is 2.47. The van der Waals surface area contributed by atoms with Crippen molar-refractivity contribution in [3.8, 4) is 0 Å². The minimum Gasteiger partial charge on any atom is -0.481 e. The van der Waals surface area contributed by atoms with E-state index in [1.54, 1.807) is 4.90 Å². The van der Waals surface area contributed by atoms with Gasteiger partial charge in [0.05, 0.1) is 11.7 Å². The molecule has 0 aromatic heterocycles. The standard InChI is InChI=1S/C12H19NO5S/c1-19(17,18)8-12(3-4-12)6-10(14)13-5-2-9(7-13)11(15)16/h9H,2-8H2,1H3,(H,15,16). The van der Waals surface area contributed by atoms with Crippen molar-refractivity contribution in [2.45, 2.75) is 25.7 Å². The van der Waals surface area contributed by atoms with Crippen molar-refractivity contribution >= 4 is 21.7 Å². The van der Waals surface area contributed by atoms with Gasteiger partial charge in [-0.15, -0.1) is 0 Å². The summed E-state index contributed by atoms with van der Waals surface area (Å²) in [5, 5.41) is 8.89. The minimum atomic E-state index is -3.08. The molecule has 1 aliphatic carbocycles. The fraction of sp³-hybridized carbons (Fsp3) is 0.833. The first-order valence-electron chi connectivity index (χ1n) is 6.39. The zero-order valence-electron chi connectivity index (χ0n) is 11.0. The van der Waals surface area contributed by atoms with Gasteiger partial charge >= 0.3 is 5.97 Å². The molecule has 0 spiro atoms. The Morgan fingerprint density at radius 1 is 1.37 bits per heavy atom. The first kappa shape index (κ1) is 14.3. The van der Waals surface area contributed by atoms with Crippen LogP contribution >= 0.6 is 0 Å². The van der Waals surface area contributed by atoms with E-state index in [9.17, 15) is 18.0 Å². The Morgan fingerprint density at radius 3 is 2.42 bits per heavy atom. The molecule has 2 fully saturated rings. The van der Waals surface area contributed by atoms with Crippen LogP contribution in [0, 0.1) is 11.3 Å². The molecule has 2 aliphatic rings. The molecule has 0 bridgehead atoms. The molecular weight excluding hydrogens is 270 g/mol. The number of nitrogens with zero attached hydrogens (tertiary/aromatic N) is 1. The maximum absolute atomic E-state index is 12.1. The topological polar surface area (TPSA) is 91.8 Å². The fourth-order valence-electron chi connectivity index (χ4n) is 2.73. The molecule has 7 heteroatoms. The lowest BCUT2D eigenvalue weighted by molar-refractivity contribution is -0.141. The summed E-state index contributed by atoms with van der Waals surface area (Å²) in [5.74, 6) is -1.39. The van der Waals surface area contributed by atoms with Crippen LogP contribution in [0.4, 0.5) is 0 Å². The van der Waals surface area contributed by atoms with Gasteiger partial charge in [0.1, 0.15) is 9.84 Å². The summed E-state index contributed by atoms with van der Waals surface area (Å²) in [6.07, 6.45) is 3.43. The molecular formula is C12H19NO5S. The number of carboxylic acids is 1. The predicted molar refractivity (Wildman–Crippen MR) is 68.3 cm³/mol. The lowest BCUT2D eigenvalue weighted by atomic mass is 10.0. The third kappa shape index (κ3) is 3.68. The molecule has 1 heterocycles. The SMILES string of the molecule is CS(=O)(=O)CC1(CC(=O)N2CCC(C(=O)O)C2)CC1. The quantitative estimate of drug-likeness (QED) is 0.777. The van der Waals surface area contributed by atoms with Crippen LogP contribution < -0.4 is 0 Å². The molecule has 0 aromatic carbocycles. The third-order valence-corrected chi connectivity index (χ3v) is 5.08. The van der Waals surface area contributed by atoms with E-state index in [0.717, 1.165) is 12.8 Å². The molecule has 0 radical (unpaired) electrons. The van der Waals surface area contributed by atoms with Gasteiger partial charge in [-0.3, -0.25) is 9.59 Å². The number of carbonyl (C=O) groups excluding carboxylic acids is 1. The van der Waals surface area contributed by atoms with Crippen LogP contribution in [-0.2, 0) is 19.4 Å². The van der Waals surface area contributed by atoms with Crippen molar-refractivity contribution in [1.29, 1.82) is 0 Å². The summed E-state index contributed by atoms with van der Waals surface area (Å²) in [6, 6.07) is 0. The Balaban J connectivity index is 1.90. The molecule has 108 valence electrons. The molecule has 1 atom stereocenters. The Bertz CT molecular complexity index is 494. The Kier molecular flexibility index (Phi) is 3.59. The second kappa shape index (κ2) is 4.77. The maximum Gasteiger partial charge on any atom is 0.308 e. The largest absolute Gasteiger partial charge is 0.481 e. The van der Waals surface area contributed by atoms with Gasteiger partial charge < -0.3 is 10.0 Å². The van der Waals surface area contributed by atoms with E-state index >= 15 is 0 Å². The highest BCUT2D eigenvalue weighted by molar-refractivity contribution is 7.90. The second-order valence-corrected chi connectivity index (χ2v) is 8.05. The summed E-state index contributed by atoms with van der Waals surface area (Å²) in [4.78, 5) is 24.5. The summed E-state index contributed by atoms with van der Waals surface area (Å²) in [5.41, 5.74) is -0.383. The van der Waals surface area contributed by atoms with Crippen molar-refractivity contribution in [2.24, 2.45) is 11.3 Å².